The Morgan fingerprint density at radius 1 is 1.14 bits per heavy atom. The lowest BCUT2D eigenvalue weighted by molar-refractivity contribution is -0.116. The number of phenols is 1. The van der Waals surface area contributed by atoms with E-state index in [-0.39, 0.29) is 5.91 Å². The van der Waals surface area contributed by atoms with Crippen molar-refractivity contribution < 1.29 is 9.90 Å². The number of guanidine groups is 1. The summed E-state index contributed by atoms with van der Waals surface area (Å²) in [7, 11) is 1.74. The molecule has 2 aromatic rings. The summed E-state index contributed by atoms with van der Waals surface area (Å²) in [6.45, 7) is 5.53. The van der Waals surface area contributed by atoms with Gasteiger partial charge in [0.25, 0.3) is 0 Å². The van der Waals surface area contributed by atoms with Crippen LogP contribution >= 0.6 is 0 Å². The molecule has 8 nitrogen and oxygen atoms in total. The van der Waals surface area contributed by atoms with Gasteiger partial charge in [0.05, 0.1) is 5.69 Å². The maximum atomic E-state index is 12.1. The third-order valence-electron chi connectivity index (χ3n) is 4.80. The number of rotatable bonds is 5. The van der Waals surface area contributed by atoms with E-state index in [0.717, 1.165) is 43.5 Å². The summed E-state index contributed by atoms with van der Waals surface area (Å²) in [5.41, 5.74) is 1.72. The molecule has 0 unspecified atom stereocenters. The number of amides is 1. The lowest BCUT2D eigenvalue weighted by Gasteiger charge is -2.37. The number of aliphatic imine (C=N–C) groups is 1. The van der Waals surface area contributed by atoms with E-state index in [1.165, 1.54) is 0 Å². The van der Waals surface area contributed by atoms with Crippen LogP contribution in [0.15, 0.2) is 47.5 Å². The Kier molecular flexibility index (Phi) is 6.89. The average Bonchev–Trinajstić information content (AvgIpc) is 2.72. The number of aromatic hydroxyl groups is 1. The van der Waals surface area contributed by atoms with Crippen molar-refractivity contribution in [2.45, 2.75) is 13.3 Å². The molecule has 3 N–H and O–H groups in total. The fourth-order valence-corrected chi connectivity index (χ4v) is 3.33. The van der Waals surface area contributed by atoms with E-state index < -0.39 is 0 Å². The first-order valence-electron chi connectivity index (χ1n) is 9.79. The summed E-state index contributed by atoms with van der Waals surface area (Å²) in [5.74, 6) is 1.57. The highest BCUT2D eigenvalue weighted by Crippen LogP contribution is 2.27. The molecule has 1 aliphatic heterocycles. The molecule has 0 saturated carbocycles. The van der Waals surface area contributed by atoms with E-state index in [1.807, 2.05) is 37.3 Å². The first-order valence-corrected chi connectivity index (χ1v) is 9.79. The highest BCUT2D eigenvalue weighted by molar-refractivity contribution is 5.90. The molecular weight excluding hydrogens is 368 g/mol. The monoisotopic (exact) mass is 396 g/mol. The molecule has 0 radical (unpaired) electrons. The summed E-state index contributed by atoms with van der Waals surface area (Å²) >= 11 is 0. The second kappa shape index (κ2) is 9.77. The predicted molar refractivity (Wildman–Crippen MR) is 115 cm³/mol. The molecule has 1 amide bonds. The normalized spacial score (nSPS) is 14.6. The van der Waals surface area contributed by atoms with Crippen molar-refractivity contribution in [1.82, 2.24) is 15.2 Å². The van der Waals surface area contributed by atoms with Gasteiger partial charge in [-0.1, -0.05) is 18.2 Å². The lowest BCUT2D eigenvalue weighted by atomic mass is 10.2. The number of nitrogens with one attached hydrogen (secondary N) is 2. The number of aromatic nitrogens is 1. The van der Waals surface area contributed by atoms with Gasteiger partial charge in [0, 0.05) is 51.9 Å². The topological polar surface area (TPSA) is 93.1 Å². The van der Waals surface area contributed by atoms with Gasteiger partial charge in [-0.25, -0.2) is 4.98 Å². The lowest BCUT2D eigenvalue weighted by Crippen LogP contribution is -2.52. The number of aryl methyl sites for hydroxylation is 1. The molecule has 0 atom stereocenters. The largest absolute Gasteiger partial charge is 0.506 e. The van der Waals surface area contributed by atoms with Gasteiger partial charge in [-0.05, 0) is 31.2 Å². The molecule has 29 heavy (non-hydrogen) atoms. The Balaban J connectivity index is 1.44. The van der Waals surface area contributed by atoms with Gasteiger partial charge in [0.15, 0.2) is 5.96 Å². The van der Waals surface area contributed by atoms with Crippen LogP contribution in [0.2, 0.25) is 0 Å². The highest BCUT2D eigenvalue weighted by Gasteiger charge is 2.21. The number of nitrogens with zero attached hydrogens (tertiary/aromatic N) is 4. The van der Waals surface area contributed by atoms with Gasteiger partial charge < -0.3 is 25.5 Å². The second-order valence-corrected chi connectivity index (χ2v) is 6.90. The number of anilines is 2. The van der Waals surface area contributed by atoms with Gasteiger partial charge in [-0.2, -0.15) is 0 Å². The van der Waals surface area contributed by atoms with E-state index in [1.54, 1.807) is 19.2 Å². The van der Waals surface area contributed by atoms with Crippen LogP contribution in [0.4, 0.5) is 11.5 Å². The van der Waals surface area contributed by atoms with E-state index in [0.29, 0.717) is 24.5 Å². The molecule has 2 heterocycles. The zero-order valence-corrected chi connectivity index (χ0v) is 16.9. The molecule has 0 bridgehead atoms. The van der Waals surface area contributed by atoms with Crippen molar-refractivity contribution in [1.29, 1.82) is 0 Å². The Hall–Kier alpha value is -3.29. The minimum Gasteiger partial charge on any atom is -0.506 e. The third kappa shape index (κ3) is 5.60. The molecule has 3 rings (SSSR count). The molecule has 1 saturated heterocycles. The van der Waals surface area contributed by atoms with Gasteiger partial charge in [0.1, 0.15) is 11.6 Å². The van der Waals surface area contributed by atoms with E-state index in [2.05, 4.69) is 30.4 Å². The second-order valence-electron chi connectivity index (χ2n) is 6.90. The number of para-hydroxylation sites is 2. The van der Waals surface area contributed by atoms with E-state index in [4.69, 9.17) is 0 Å². The Morgan fingerprint density at radius 3 is 2.59 bits per heavy atom. The van der Waals surface area contributed by atoms with Crippen LogP contribution in [0.1, 0.15) is 12.1 Å². The van der Waals surface area contributed by atoms with Crippen LogP contribution in [-0.2, 0) is 4.79 Å². The van der Waals surface area contributed by atoms with Crippen molar-refractivity contribution >= 4 is 23.4 Å². The molecule has 1 aromatic carbocycles. The summed E-state index contributed by atoms with van der Waals surface area (Å²) in [6, 6.07) is 12.9. The van der Waals surface area contributed by atoms with Gasteiger partial charge in [-0.3, -0.25) is 9.79 Å². The average molecular weight is 396 g/mol. The maximum Gasteiger partial charge on any atom is 0.227 e. The first kappa shape index (κ1) is 20.4. The van der Waals surface area contributed by atoms with Gasteiger partial charge in [0.2, 0.25) is 5.91 Å². The van der Waals surface area contributed by atoms with E-state index >= 15 is 0 Å². The number of benzene rings is 1. The Morgan fingerprint density at radius 2 is 1.90 bits per heavy atom. The van der Waals surface area contributed by atoms with Gasteiger partial charge >= 0.3 is 0 Å². The number of pyridine rings is 1. The summed E-state index contributed by atoms with van der Waals surface area (Å²) < 4.78 is 0. The predicted octanol–water partition coefficient (Wildman–Crippen LogP) is 1.82. The van der Waals surface area contributed by atoms with E-state index in [9.17, 15) is 9.90 Å². The fraction of sp³-hybridized carbons (Fsp3) is 0.381. The molecule has 154 valence electrons. The SMILES string of the molecule is CN=C(NCCC(=O)Nc1cccc(C)n1)N1CCN(c2ccccc2O)CC1. The van der Waals surface area contributed by atoms with Crippen molar-refractivity contribution in [3.63, 3.8) is 0 Å². The van der Waals surface area contributed by atoms with Crippen LogP contribution in [0, 0.1) is 6.92 Å². The number of carbonyl (C=O) groups is 1. The summed E-state index contributed by atoms with van der Waals surface area (Å²) in [6.07, 6.45) is 0.326. The van der Waals surface area contributed by atoms with Crippen LogP contribution in [0.3, 0.4) is 0 Å². The molecular formula is C21H28N6O2. The van der Waals surface area contributed by atoms with Crippen molar-refractivity contribution in [2.24, 2.45) is 4.99 Å². The molecule has 1 aliphatic rings. The first-order chi connectivity index (χ1) is 14.1. The molecule has 1 fully saturated rings. The molecule has 0 aliphatic carbocycles. The molecule has 0 spiro atoms. The van der Waals surface area contributed by atoms with Crippen molar-refractivity contribution in [3.05, 3.63) is 48.2 Å². The minimum atomic E-state index is -0.0876. The van der Waals surface area contributed by atoms with Crippen molar-refractivity contribution in [3.8, 4) is 5.75 Å². The minimum absolute atomic E-state index is 0.0876. The highest BCUT2D eigenvalue weighted by atomic mass is 16.3. The molecule has 1 aromatic heterocycles. The van der Waals surface area contributed by atoms with Crippen LogP contribution in [0.5, 0.6) is 5.75 Å². The molecule has 8 heteroatoms. The summed E-state index contributed by atoms with van der Waals surface area (Å²) in [5, 5.41) is 16.1. The maximum absolute atomic E-state index is 12.1. The zero-order chi connectivity index (χ0) is 20.6. The standard InChI is InChI=1S/C21H28N6O2/c1-16-6-5-9-19(24-16)25-20(29)10-11-23-21(22-2)27-14-12-26(13-15-27)17-7-3-4-8-18(17)28/h3-9,28H,10-15H2,1-2H3,(H,22,23)(H,24,25,29). The number of hydrogen-bond acceptors (Lipinski definition) is 5. The Bertz CT molecular complexity index is 862. The fourth-order valence-electron chi connectivity index (χ4n) is 3.33. The van der Waals surface area contributed by atoms with Crippen LogP contribution in [0.25, 0.3) is 0 Å². The van der Waals surface area contributed by atoms with Crippen LogP contribution in [-0.4, -0.2) is 66.6 Å². The van der Waals surface area contributed by atoms with Gasteiger partial charge in [-0.15, -0.1) is 0 Å². The van der Waals surface area contributed by atoms with Crippen LogP contribution < -0.4 is 15.5 Å². The quantitative estimate of drug-likeness (QED) is 0.527. The smallest absolute Gasteiger partial charge is 0.227 e. The number of carbonyl (C=O) groups excluding carboxylic acids is 1. The zero-order valence-electron chi connectivity index (χ0n) is 16.9. The number of phenolic OH excluding ortho intramolecular Hbond substituents is 1. The number of piperazine rings is 1. The van der Waals surface area contributed by atoms with Crippen molar-refractivity contribution in [2.75, 3.05) is 50.0 Å². The summed E-state index contributed by atoms with van der Waals surface area (Å²) in [4.78, 5) is 25.1. The third-order valence-corrected chi connectivity index (χ3v) is 4.80. The number of hydrogen-bond donors (Lipinski definition) is 3. The Labute approximate surface area is 171 Å².